The number of Topliss-reactive ketones (excluding diaryl/α,β-unsaturated/α-hetero) is 1. The zero-order chi connectivity index (χ0) is 17.7. The van der Waals surface area contributed by atoms with Crippen LogP contribution in [0.2, 0.25) is 0 Å². The van der Waals surface area contributed by atoms with Crippen molar-refractivity contribution < 1.29 is 31.4 Å². The van der Waals surface area contributed by atoms with Crippen LogP contribution in [0.15, 0.2) is 0 Å². The van der Waals surface area contributed by atoms with Crippen molar-refractivity contribution in [3.05, 3.63) is 0 Å². The van der Waals surface area contributed by atoms with Crippen molar-refractivity contribution in [1.29, 1.82) is 0 Å². The van der Waals surface area contributed by atoms with Gasteiger partial charge in [0.1, 0.15) is 6.04 Å². The van der Waals surface area contributed by atoms with Crippen LogP contribution >= 0.6 is 0 Å². The number of halogens is 1. The molecular weight excluding hydrogens is 402 g/mol. The molecule has 152 valence electrons. The number of quaternary nitrogens is 1. The Morgan fingerprint density at radius 2 is 1.78 bits per heavy atom. The van der Waals surface area contributed by atoms with Crippen molar-refractivity contribution in [3.63, 3.8) is 0 Å². The average Bonchev–Trinajstić information content (AvgIpc) is 3.02. The highest BCUT2D eigenvalue weighted by Crippen LogP contribution is 2.67. The minimum Gasteiger partial charge on any atom is -1.00 e. The van der Waals surface area contributed by atoms with E-state index in [4.69, 9.17) is 4.74 Å². The molecule has 6 fully saturated rings. The predicted octanol–water partition coefficient (Wildman–Crippen LogP) is -0.363. The third-order valence-electron chi connectivity index (χ3n) is 10.4. The summed E-state index contributed by atoms with van der Waals surface area (Å²) in [5, 5.41) is 0. The summed E-state index contributed by atoms with van der Waals surface area (Å²) in [4.78, 5) is 15.1. The molecule has 0 amide bonds. The second kappa shape index (κ2) is 6.28. The van der Waals surface area contributed by atoms with Gasteiger partial charge >= 0.3 is 0 Å². The second-order valence-electron chi connectivity index (χ2n) is 11.3. The number of hydrogen-bond donors (Lipinski definition) is 1. The van der Waals surface area contributed by atoms with Crippen LogP contribution in [0.4, 0.5) is 0 Å². The van der Waals surface area contributed by atoms with E-state index >= 15 is 0 Å². The minimum absolute atomic E-state index is 0. The van der Waals surface area contributed by atoms with Crippen molar-refractivity contribution >= 4 is 5.78 Å². The van der Waals surface area contributed by atoms with E-state index in [1.165, 1.54) is 70.9 Å². The quantitative estimate of drug-likeness (QED) is 0.568. The Morgan fingerprint density at radius 1 is 1.00 bits per heavy atom. The number of ether oxygens (including phenoxy) is 1. The fourth-order valence-corrected chi connectivity index (χ4v) is 8.87. The van der Waals surface area contributed by atoms with Gasteiger partial charge in [0.05, 0.1) is 25.3 Å². The number of epoxide rings is 1. The zero-order valence-electron chi connectivity index (χ0n) is 17.0. The van der Waals surface area contributed by atoms with Crippen LogP contribution in [0, 0.1) is 34.5 Å². The predicted molar refractivity (Wildman–Crippen MR) is 99.9 cm³/mol. The number of rotatable bonds is 1. The molecule has 3 nitrogen and oxygen atoms in total. The lowest BCUT2D eigenvalue weighted by Crippen LogP contribution is -3.14. The summed E-state index contributed by atoms with van der Waals surface area (Å²) in [5.74, 6) is 3.86. The summed E-state index contributed by atoms with van der Waals surface area (Å²) in [6, 6.07) is 0.333. The summed E-state index contributed by atoms with van der Waals surface area (Å²) in [6.07, 6.45) is 12.9. The Morgan fingerprint density at radius 3 is 2.56 bits per heavy atom. The topological polar surface area (TPSA) is 34.0 Å². The highest BCUT2D eigenvalue weighted by atomic mass is 79.9. The highest BCUT2D eigenvalue weighted by Gasteiger charge is 2.66. The number of carbonyl (C=O) groups is 1. The van der Waals surface area contributed by atoms with Gasteiger partial charge in [-0.15, -0.1) is 0 Å². The lowest BCUT2D eigenvalue weighted by Gasteiger charge is -2.58. The SMILES string of the molecule is C[C@]12C[C@H]3O[C@H]3C[C@@H]1CC[C@@H]1[C@@H]2CC[C@]2(C)C(=O)[C@@H]([NH+]3CCCC3)C[C@@H]12.[Br-]. The van der Waals surface area contributed by atoms with Gasteiger partial charge in [0.2, 0.25) is 0 Å². The monoisotopic (exact) mass is 437 g/mol. The number of hydrogen-bond acceptors (Lipinski definition) is 2. The average molecular weight is 438 g/mol. The maximum atomic E-state index is 13.5. The molecule has 4 heteroatoms. The van der Waals surface area contributed by atoms with Crippen molar-refractivity contribution in [2.24, 2.45) is 34.5 Å². The summed E-state index contributed by atoms with van der Waals surface area (Å²) < 4.78 is 5.97. The fourth-order valence-electron chi connectivity index (χ4n) is 8.87. The van der Waals surface area contributed by atoms with Gasteiger partial charge in [0.25, 0.3) is 0 Å². The molecule has 0 radical (unpaired) electrons. The Bertz CT molecular complexity index is 634. The normalized spacial score (nSPS) is 56.5. The maximum Gasteiger partial charge on any atom is 0.195 e. The second-order valence-corrected chi connectivity index (χ2v) is 11.3. The van der Waals surface area contributed by atoms with Crippen LogP contribution in [-0.2, 0) is 9.53 Å². The zero-order valence-corrected chi connectivity index (χ0v) is 18.6. The molecule has 4 saturated carbocycles. The lowest BCUT2D eigenvalue weighted by molar-refractivity contribution is -0.903. The molecular formula is C23H36BrNO2. The standard InChI is InChI=1S/C23H35NO2.BrH/c1-22-8-7-16-15(6-5-14-11-19-20(26-19)13-23(14,16)2)17(22)12-18(21(22)25)24-9-3-4-10-24;/h14-20H,3-13H2,1-2H3;1H/t14-,15+,16-,17-,18-,19-,20+,22-,23-;/m0./s1. The van der Waals surface area contributed by atoms with E-state index in [9.17, 15) is 4.79 Å². The van der Waals surface area contributed by atoms with Crippen LogP contribution in [-0.4, -0.2) is 37.1 Å². The van der Waals surface area contributed by atoms with Crippen LogP contribution in [0.25, 0.3) is 0 Å². The molecule has 0 aromatic carbocycles. The molecule has 6 aliphatic rings. The molecule has 9 atom stereocenters. The molecule has 2 aliphatic heterocycles. The van der Waals surface area contributed by atoms with Crippen molar-refractivity contribution in [1.82, 2.24) is 0 Å². The molecule has 2 saturated heterocycles. The fraction of sp³-hybridized carbons (Fsp3) is 0.957. The Labute approximate surface area is 174 Å². The molecule has 1 N–H and O–H groups in total. The molecule has 0 bridgehead atoms. The van der Waals surface area contributed by atoms with Crippen molar-refractivity contribution in [3.8, 4) is 0 Å². The number of fused-ring (bicyclic) bond motifs is 6. The third kappa shape index (κ3) is 2.54. The number of likely N-dealkylation sites (tertiary alicyclic amines) is 1. The molecule has 0 unspecified atom stereocenters. The highest BCUT2D eigenvalue weighted by molar-refractivity contribution is 5.91. The van der Waals surface area contributed by atoms with Gasteiger partial charge in [0, 0.05) is 24.7 Å². The van der Waals surface area contributed by atoms with E-state index < -0.39 is 0 Å². The van der Waals surface area contributed by atoms with E-state index in [1.807, 2.05) is 0 Å². The van der Waals surface area contributed by atoms with E-state index in [0.29, 0.717) is 35.4 Å². The Balaban J connectivity index is 0.00000160. The Kier molecular flexibility index (Phi) is 4.43. The first-order valence-electron chi connectivity index (χ1n) is 11.5. The first-order chi connectivity index (χ1) is 12.5. The lowest BCUT2D eigenvalue weighted by atomic mass is 9.45. The van der Waals surface area contributed by atoms with Gasteiger partial charge < -0.3 is 26.6 Å². The first-order valence-corrected chi connectivity index (χ1v) is 11.5. The molecule has 0 aromatic heterocycles. The van der Waals surface area contributed by atoms with Gasteiger partial charge in [-0.05, 0) is 67.6 Å². The van der Waals surface area contributed by atoms with E-state index in [1.54, 1.807) is 4.90 Å². The van der Waals surface area contributed by atoms with Crippen LogP contribution < -0.4 is 21.9 Å². The molecule has 0 spiro atoms. The van der Waals surface area contributed by atoms with Crippen LogP contribution in [0.3, 0.4) is 0 Å². The van der Waals surface area contributed by atoms with Gasteiger partial charge in [0.15, 0.2) is 5.78 Å². The molecule has 6 rings (SSSR count). The molecule has 0 aromatic rings. The molecule has 27 heavy (non-hydrogen) atoms. The van der Waals surface area contributed by atoms with Crippen LogP contribution in [0.1, 0.15) is 71.6 Å². The smallest absolute Gasteiger partial charge is 0.195 e. The summed E-state index contributed by atoms with van der Waals surface area (Å²) in [6.45, 7) is 7.46. The Hall–Kier alpha value is 0.0700. The number of ketones is 1. The summed E-state index contributed by atoms with van der Waals surface area (Å²) >= 11 is 0. The summed E-state index contributed by atoms with van der Waals surface area (Å²) in [5.41, 5.74) is 0.488. The third-order valence-corrected chi connectivity index (χ3v) is 10.4. The van der Waals surface area contributed by atoms with E-state index in [0.717, 1.165) is 17.8 Å². The van der Waals surface area contributed by atoms with Crippen molar-refractivity contribution in [2.45, 2.75) is 89.9 Å². The summed E-state index contributed by atoms with van der Waals surface area (Å²) in [7, 11) is 0. The van der Waals surface area contributed by atoms with Gasteiger partial charge in [-0.1, -0.05) is 13.8 Å². The van der Waals surface area contributed by atoms with Crippen LogP contribution in [0.5, 0.6) is 0 Å². The van der Waals surface area contributed by atoms with Gasteiger partial charge in [-0.25, -0.2) is 0 Å². The number of nitrogens with one attached hydrogen (secondary N) is 1. The first kappa shape index (κ1) is 19.1. The maximum absolute atomic E-state index is 13.5. The van der Waals surface area contributed by atoms with Gasteiger partial charge in [-0.3, -0.25) is 4.79 Å². The van der Waals surface area contributed by atoms with Crippen molar-refractivity contribution in [2.75, 3.05) is 13.1 Å². The molecule has 4 aliphatic carbocycles. The number of carbonyl (C=O) groups excluding carboxylic acids is 1. The minimum atomic E-state index is -0.00208. The largest absolute Gasteiger partial charge is 1.00 e. The van der Waals surface area contributed by atoms with E-state index in [2.05, 4.69) is 13.8 Å². The van der Waals surface area contributed by atoms with Gasteiger partial charge in [-0.2, -0.15) is 0 Å². The van der Waals surface area contributed by atoms with E-state index in [-0.39, 0.29) is 22.4 Å². The molecule has 2 heterocycles.